The SMILES string of the molecule is CCCCCCCCCc1ccc(OCCOCCCCCCCCCCCCCCC=[OH+])c(CCCCCCCCC)c1. The molecular weight excluding hydrogens is 540 g/mol. The Morgan fingerprint density at radius 2 is 0.977 bits per heavy atom. The van der Waals surface area contributed by atoms with Gasteiger partial charge in [0.1, 0.15) is 12.4 Å². The van der Waals surface area contributed by atoms with Gasteiger partial charge in [0.2, 0.25) is 0 Å². The zero-order valence-corrected chi connectivity index (χ0v) is 29.7. The van der Waals surface area contributed by atoms with Crippen LogP contribution >= 0.6 is 0 Å². The van der Waals surface area contributed by atoms with E-state index in [9.17, 15) is 0 Å². The van der Waals surface area contributed by atoms with Crippen LogP contribution in [0.25, 0.3) is 0 Å². The highest BCUT2D eigenvalue weighted by atomic mass is 16.5. The van der Waals surface area contributed by atoms with Gasteiger partial charge in [-0.15, -0.1) is 0 Å². The van der Waals surface area contributed by atoms with Gasteiger partial charge in [-0.05, 0) is 55.7 Å². The van der Waals surface area contributed by atoms with Gasteiger partial charge in [-0.3, -0.25) is 4.79 Å². The van der Waals surface area contributed by atoms with E-state index in [0.717, 1.165) is 31.6 Å². The first kappa shape index (κ1) is 40.7. The fraction of sp³-hybridized carbons (Fsp3) is 0.829. The average molecular weight is 616 g/mol. The summed E-state index contributed by atoms with van der Waals surface area (Å²) in [5.74, 6) is 1.09. The highest BCUT2D eigenvalue weighted by molar-refractivity contribution is 5.50. The quantitative estimate of drug-likeness (QED) is 0.0433. The molecule has 1 aromatic carbocycles. The molecule has 0 spiro atoms. The third kappa shape index (κ3) is 25.9. The third-order valence-electron chi connectivity index (χ3n) is 9.10. The zero-order valence-electron chi connectivity index (χ0n) is 29.7. The Morgan fingerprint density at radius 1 is 0.500 bits per heavy atom. The van der Waals surface area contributed by atoms with E-state index in [0.29, 0.717) is 13.2 Å². The average Bonchev–Trinajstić information content (AvgIpc) is 3.04. The maximum atomic E-state index is 8.70. The molecule has 3 heteroatoms. The molecule has 0 amide bonds. The number of hydrogen-bond donors (Lipinski definition) is 0. The predicted molar refractivity (Wildman–Crippen MR) is 194 cm³/mol. The molecule has 0 unspecified atom stereocenters. The van der Waals surface area contributed by atoms with Crippen molar-refractivity contribution in [3.63, 3.8) is 0 Å². The Labute approximate surface area is 275 Å². The van der Waals surface area contributed by atoms with Crippen LogP contribution in [-0.2, 0) is 17.6 Å². The molecule has 1 N–H and O–H groups in total. The monoisotopic (exact) mass is 616 g/mol. The van der Waals surface area contributed by atoms with Crippen molar-refractivity contribution in [3.8, 4) is 5.75 Å². The molecule has 44 heavy (non-hydrogen) atoms. The lowest BCUT2D eigenvalue weighted by atomic mass is 9.99. The van der Waals surface area contributed by atoms with Crippen molar-refractivity contribution in [2.75, 3.05) is 19.8 Å². The fourth-order valence-electron chi connectivity index (χ4n) is 6.20. The summed E-state index contributed by atoms with van der Waals surface area (Å²) in [6.45, 7) is 6.79. The standard InChI is InChI=1S/C41H74O3/c1-3-5-7-9-18-22-26-30-39-32-33-41(40(38-39)31-27-23-19-10-8-6-4-2)44-37-36-43-35-29-25-21-17-15-13-11-12-14-16-20-24-28-34-42/h32-34,38H,3-31,35-37H2,1-2H3/p+1. The fourth-order valence-corrected chi connectivity index (χ4v) is 6.20. The molecule has 0 aliphatic carbocycles. The Hall–Kier alpha value is -1.35. The molecule has 0 fully saturated rings. The summed E-state index contributed by atoms with van der Waals surface area (Å²) in [5, 5.41) is 0. The lowest BCUT2D eigenvalue weighted by molar-refractivity contribution is 0.0967. The molecule has 1 aromatic rings. The van der Waals surface area contributed by atoms with Gasteiger partial charge in [0, 0.05) is 6.61 Å². The van der Waals surface area contributed by atoms with Crippen LogP contribution in [0.1, 0.15) is 198 Å². The van der Waals surface area contributed by atoms with E-state index in [1.807, 2.05) is 0 Å². The molecule has 0 aliphatic rings. The molecule has 0 saturated carbocycles. The molecular formula is C41H75O3+. The maximum absolute atomic E-state index is 8.70. The van der Waals surface area contributed by atoms with Crippen LogP contribution in [0.15, 0.2) is 18.2 Å². The Balaban J connectivity index is 2.19. The lowest BCUT2D eigenvalue weighted by Crippen LogP contribution is -2.09. The number of benzene rings is 1. The summed E-state index contributed by atoms with van der Waals surface area (Å²) in [5.41, 5.74) is 2.90. The Bertz CT molecular complexity index is 731. The van der Waals surface area contributed by atoms with E-state index < -0.39 is 0 Å². The van der Waals surface area contributed by atoms with Gasteiger partial charge >= 0.3 is 0 Å². The van der Waals surface area contributed by atoms with Gasteiger partial charge in [0.15, 0.2) is 0 Å². The molecule has 0 radical (unpaired) electrons. The van der Waals surface area contributed by atoms with Gasteiger partial charge < -0.3 is 9.47 Å². The number of carbonyl (C=O) groups excluding carboxylic acids is 1. The first-order chi connectivity index (χ1) is 21.8. The van der Waals surface area contributed by atoms with E-state index in [1.165, 1.54) is 184 Å². The van der Waals surface area contributed by atoms with E-state index >= 15 is 0 Å². The van der Waals surface area contributed by atoms with Crippen LogP contribution in [0.4, 0.5) is 0 Å². The van der Waals surface area contributed by atoms with Gasteiger partial charge in [-0.25, -0.2) is 0 Å². The van der Waals surface area contributed by atoms with Crippen LogP contribution in [0.5, 0.6) is 5.75 Å². The van der Waals surface area contributed by atoms with Crippen molar-refractivity contribution in [2.45, 2.75) is 200 Å². The van der Waals surface area contributed by atoms with E-state index in [1.54, 1.807) is 0 Å². The lowest BCUT2D eigenvalue weighted by Gasteiger charge is -2.14. The second kappa shape index (κ2) is 33.0. The molecule has 0 bridgehead atoms. The maximum Gasteiger partial charge on any atom is 0.281 e. The number of aldehydes is 1. The molecule has 0 heterocycles. The largest absolute Gasteiger partial charge is 0.491 e. The third-order valence-corrected chi connectivity index (χ3v) is 9.10. The number of rotatable bonds is 35. The van der Waals surface area contributed by atoms with Gasteiger partial charge in [-0.2, -0.15) is 0 Å². The van der Waals surface area contributed by atoms with Gasteiger partial charge in [0.25, 0.3) is 6.29 Å². The highest BCUT2D eigenvalue weighted by Crippen LogP contribution is 2.24. The normalized spacial score (nSPS) is 11.3. The van der Waals surface area contributed by atoms with Crippen molar-refractivity contribution in [2.24, 2.45) is 0 Å². The summed E-state index contributed by atoms with van der Waals surface area (Å²) in [6, 6.07) is 7.00. The first-order valence-electron chi connectivity index (χ1n) is 19.6. The highest BCUT2D eigenvalue weighted by Gasteiger charge is 2.07. The second-order valence-electron chi connectivity index (χ2n) is 13.4. The van der Waals surface area contributed by atoms with Crippen LogP contribution in [0, 0.1) is 0 Å². The minimum atomic E-state index is 0.654. The van der Waals surface area contributed by atoms with E-state index in [2.05, 4.69) is 32.0 Å². The first-order valence-corrected chi connectivity index (χ1v) is 19.6. The smallest absolute Gasteiger partial charge is 0.281 e. The molecule has 3 nitrogen and oxygen atoms in total. The molecule has 0 atom stereocenters. The van der Waals surface area contributed by atoms with Gasteiger partial charge in [-0.1, -0.05) is 167 Å². The topological polar surface area (TPSA) is 39.9 Å². The molecule has 0 saturated heterocycles. The molecule has 1 rings (SSSR count). The van der Waals surface area contributed by atoms with Gasteiger partial charge in [0.05, 0.1) is 13.0 Å². The van der Waals surface area contributed by atoms with Crippen molar-refractivity contribution in [1.29, 1.82) is 0 Å². The summed E-state index contributed by atoms with van der Waals surface area (Å²) < 4.78 is 12.2. The van der Waals surface area contributed by atoms with Crippen LogP contribution in [0.3, 0.4) is 0 Å². The predicted octanol–water partition coefficient (Wildman–Crippen LogP) is 12.9. The molecule has 0 aliphatic heterocycles. The number of aryl methyl sites for hydroxylation is 2. The zero-order chi connectivity index (χ0) is 31.6. The van der Waals surface area contributed by atoms with Crippen molar-refractivity contribution < 1.29 is 14.3 Å². The molecule has 256 valence electrons. The van der Waals surface area contributed by atoms with Crippen molar-refractivity contribution in [3.05, 3.63) is 29.3 Å². The van der Waals surface area contributed by atoms with Crippen LogP contribution in [-0.4, -0.2) is 30.9 Å². The number of hydrogen-bond acceptors (Lipinski definition) is 2. The van der Waals surface area contributed by atoms with Crippen LogP contribution < -0.4 is 4.74 Å². The number of ether oxygens (including phenoxy) is 2. The van der Waals surface area contributed by atoms with Crippen LogP contribution in [0.2, 0.25) is 0 Å². The minimum absolute atomic E-state index is 0.654. The summed E-state index contributed by atoms with van der Waals surface area (Å²) in [6.07, 6.45) is 39.3. The Kier molecular flexibility index (Phi) is 30.5. The van der Waals surface area contributed by atoms with Crippen molar-refractivity contribution >= 4 is 6.29 Å². The minimum Gasteiger partial charge on any atom is -0.491 e. The van der Waals surface area contributed by atoms with E-state index in [4.69, 9.17) is 14.3 Å². The number of unbranched alkanes of at least 4 members (excludes halogenated alkanes) is 24. The second-order valence-corrected chi connectivity index (χ2v) is 13.4. The van der Waals surface area contributed by atoms with Crippen molar-refractivity contribution in [1.82, 2.24) is 0 Å². The molecule has 0 aromatic heterocycles. The summed E-state index contributed by atoms with van der Waals surface area (Å²) in [7, 11) is 0. The summed E-state index contributed by atoms with van der Waals surface area (Å²) in [4.78, 5) is 8.70. The summed E-state index contributed by atoms with van der Waals surface area (Å²) >= 11 is 0. The van der Waals surface area contributed by atoms with E-state index in [-0.39, 0.29) is 0 Å². The Morgan fingerprint density at radius 3 is 1.52 bits per heavy atom.